The molecule has 0 bridgehead atoms. The first-order chi connectivity index (χ1) is 11.7. The number of ether oxygens (including phenoxy) is 1. The van der Waals surface area contributed by atoms with E-state index in [0.717, 1.165) is 12.0 Å². The number of esters is 1. The highest BCUT2D eigenvalue weighted by molar-refractivity contribution is 5.80. The summed E-state index contributed by atoms with van der Waals surface area (Å²) in [6.45, 7) is 2.11. The number of benzene rings is 2. The van der Waals surface area contributed by atoms with Gasteiger partial charge in [-0.2, -0.15) is 0 Å². The van der Waals surface area contributed by atoms with Gasteiger partial charge in [-0.25, -0.2) is 4.98 Å². The molecular formula is C19H18N2O3. The molecule has 3 aromatic rings. The molecule has 24 heavy (non-hydrogen) atoms. The zero-order valence-corrected chi connectivity index (χ0v) is 13.4. The van der Waals surface area contributed by atoms with E-state index in [1.165, 1.54) is 4.57 Å². The topological polar surface area (TPSA) is 61.2 Å². The maximum Gasteiger partial charge on any atom is 0.326 e. The Morgan fingerprint density at radius 1 is 1.08 bits per heavy atom. The molecule has 0 spiro atoms. The lowest BCUT2D eigenvalue weighted by Gasteiger charge is -2.13. The molecule has 2 aromatic carbocycles. The van der Waals surface area contributed by atoms with Gasteiger partial charge in [-0.15, -0.1) is 0 Å². The van der Waals surface area contributed by atoms with Gasteiger partial charge >= 0.3 is 5.97 Å². The second kappa shape index (κ2) is 7.08. The SMILES string of the molecule is CCCOC(=O)Cn1c(-c2ccccc2)nc2ccccc2c1=O. The van der Waals surface area contributed by atoms with Crippen LogP contribution in [0.3, 0.4) is 0 Å². The molecule has 0 atom stereocenters. The van der Waals surface area contributed by atoms with Crippen LogP contribution >= 0.6 is 0 Å². The summed E-state index contributed by atoms with van der Waals surface area (Å²) < 4.78 is 6.51. The summed E-state index contributed by atoms with van der Waals surface area (Å²) in [7, 11) is 0. The Balaban J connectivity index is 2.15. The third kappa shape index (κ3) is 3.20. The van der Waals surface area contributed by atoms with Crippen molar-refractivity contribution in [1.29, 1.82) is 0 Å². The summed E-state index contributed by atoms with van der Waals surface area (Å²) in [5.41, 5.74) is 1.15. The minimum atomic E-state index is -0.437. The van der Waals surface area contributed by atoms with E-state index in [4.69, 9.17) is 4.74 Å². The van der Waals surface area contributed by atoms with Crippen molar-refractivity contribution in [3.05, 3.63) is 65.0 Å². The van der Waals surface area contributed by atoms with Crippen LogP contribution in [-0.4, -0.2) is 22.1 Å². The molecule has 0 aliphatic carbocycles. The van der Waals surface area contributed by atoms with E-state index < -0.39 is 5.97 Å². The van der Waals surface area contributed by atoms with E-state index in [1.54, 1.807) is 18.2 Å². The summed E-state index contributed by atoms with van der Waals surface area (Å²) in [4.78, 5) is 29.5. The summed E-state index contributed by atoms with van der Waals surface area (Å²) in [6, 6.07) is 16.5. The summed E-state index contributed by atoms with van der Waals surface area (Å²) in [5, 5.41) is 0.487. The Bertz CT molecular complexity index is 917. The molecule has 0 saturated heterocycles. The molecule has 0 saturated carbocycles. The van der Waals surface area contributed by atoms with E-state index in [-0.39, 0.29) is 12.1 Å². The van der Waals surface area contributed by atoms with Crippen LogP contribution in [0.2, 0.25) is 0 Å². The molecule has 0 aliphatic heterocycles. The van der Waals surface area contributed by atoms with Gasteiger partial charge in [-0.3, -0.25) is 14.2 Å². The first-order valence-corrected chi connectivity index (χ1v) is 7.91. The smallest absolute Gasteiger partial charge is 0.326 e. The molecule has 0 N–H and O–H groups in total. The lowest BCUT2D eigenvalue weighted by atomic mass is 10.2. The molecule has 1 heterocycles. The van der Waals surface area contributed by atoms with Gasteiger partial charge in [0.15, 0.2) is 0 Å². The number of hydrogen-bond donors (Lipinski definition) is 0. The van der Waals surface area contributed by atoms with Crippen molar-refractivity contribution in [3.63, 3.8) is 0 Å². The van der Waals surface area contributed by atoms with E-state index in [2.05, 4.69) is 4.98 Å². The number of rotatable bonds is 5. The van der Waals surface area contributed by atoms with Crippen molar-refractivity contribution in [2.24, 2.45) is 0 Å². The van der Waals surface area contributed by atoms with E-state index in [0.29, 0.717) is 23.3 Å². The van der Waals surface area contributed by atoms with Crippen LogP contribution in [0.1, 0.15) is 13.3 Å². The number of para-hydroxylation sites is 1. The van der Waals surface area contributed by atoms with Gasteiger partial charge in [0, 0.05) is 5.56 Å². The van der Waals surface area contributed by atoms with Crippen LogP contribution in [0.5, 0.6) is 0 Å². The summed E-state index contributed by atoms with van der Waals surface area (Å²) in [5.74, 6) is 0.0287. The van der Waals surface area contributed by atoms with Crippen molar-refractivity contribution in [1.82, 2.24) is 9.55 Å². The maximum atomic E-state index is 12.8. The number of carbonyl (C=O) groups is 1. The minimum absolute atomic E-state index is 0.152. The first-order valence-electron chi connectivity index (χ1n) is 7.91. The molecule has 5 heteroatoms. The number of hydrogen-bond acceptors (Lipinski definition) is 4. The van der Waals surface area contributed by atoms with Gasteiger partial charge in [-0.05, 0) is 18.6 Å². The Kier molecular flexibility index (Phi) is 4.70. The van der Waals surface area contributed by atoms with Gasteiger partial charge in [0.05, 0.1) is 17.5 Å². The van der Waals surface area contributed by atoms with Crippen molar-refractivity contribution in [2.45, 2.75) is 19.9 Å². The van der Waals surface area contributed by atoms with Crippen molar-refractivity contribution in [2.75, 3.05) is 6.61 Å². The molecule has 122 valence electrons. The van der Waals surface area contributed by atoms with E-state index in [9.17, 15) is 9.59 Å². The van der Waals surface area contributed by atoms with Crippen molar-refractivity contribution < 1.29 is 9.53 Å². The lowest BCUT2D eigenvalue weighted by molar-refractivity contribution is -0.144. The van der Waals surface area contributed by atoms with Crippen molar-refractivity contribution >= 4 is 16.9 Å². The van der Waals surface area contributed by atoms with Gasteiger partial charge in [0.25, 0.3) is 5.56 Å². The van der Waals surface area contributed by atoms with Crippen LogP contribution in [0.4, 0.5) is 0 Å². The molecule has 0 unspecified atom stereocenters. The molecule has 0 aliphatic rings. The highest BCUT2D eigenvalue weighted by Crippen LogP contribution is 2.18. The van der Waals surface area contributed by atoms with E-state index >= 15 is 0 Å². The normalized spacial score (nSPS) is 10.7. The summed E-state index contributed by atoms with van der Waals surface area (Å²) in [6.07, 6.45) is 0.738. The fourth-order valence-corrected chi connectivity index (χ4v) is 2.51. The quantitative estimate of drug-likeness (QED) is 0.678. The zero-order chi connectivity index (χ0) is 16.9. The van der Waals surface area contributed by atoms with Crippen LogP contribution in [0.15, 0.2) is 59.4 Å². The third-order valence-corrected chi connectivity index (χ3v) is 3.65. The fraction of sp³-hybridized carbons (Fsp3) is 0.211. The van der Waals surface area contributed by atoms with Crippen molar-refractivity contribution in [3.8, 4) is 11.4 Å². The predicted octanol–water partition coefficient (Wildman–Crippen LogP) is 3.02. The second-order valence-corrected chi connectivity index (χ2v) is 5.43. The van der Waals surface area contributed by atoms with Gasteiger partial charge < -0.3 is 4.74 Å². The maximum absolute atomic E-state index is 12.8. The predicted molar refractivity (Wildman–Crippen MR) is 92.7 cm³/mol. The Hall–Kier alpha value is -2.95. The monoisotopic (exact) mass is 322 g/mol. The number of aromatic nitrogens is 2. The van der Waals surface area contributed by atoms with Gasteiger partial charge in [0.2, 0.25) is 0 Å². The average Bonchev–Trinajstić information content (AvgIpc) is 2.63. The Morgan fingerprint density at radius 2 is 1.79 bits per heavy atom. The molecule has 0 fully saturated rings. The molecule has 5 nitrogen and oxygen atoms in total. The molecule has 3 rings (SSSR count). The van der Waals surface area contributed by atoms with Crippen LogP contribution < -0.4 is 5.56 Å². The molecular weight excluding hydrogens is 304 g/mol. The molecule has 0 radical (unpaired) electrons. The first kappa shape index (κ1) is 15.9. The van der Waals surface area contributed by atoms with Crippen LogP contribution in [-0.2, 0) is 16.1 Å². The second-order valence-electron chi connectivity index (χ2n) is 5.43. The largest absolute Gasteiger partial charge is 0.464 e. The lowest BCUT2D eigenvalue weighted by Crippen LogP contribution is -2.28. The molecule has 0 amide bonds. The Morgan fingerprint density at radius 3 is 2.54 bits per heavy atom. The highest BCUT2D eigenvalue weighted by atomic mass is 16.5. The highest BCUT2D eigenvalue weighted by Gasteiger charge is 2.15. The van der Waals surface area contributed by atoms with Gasteiger partial charge in [0.1, 0.15) is 12.4 Å². The fourth-order valence-electron chi connectivity index (χ4n) is 2.51. The van der Waals surface area contributed by atoms with E-state index in [1.807, 2.05) is 43.3 Å². The zero-order valence-electron chi connectivity index (χ0n) is 13.4. The van der Waals surface area contributed by atoms with Gasteiger partial charge in [-0.1, -0.05) is 49.4 Å². The standard InChI is InChI=1S/C19H18N2O3/c1-2-12-24-17(22)13-21-18(14-8-4-3-5-9-14)20-16-11-7-6-10-15(16)19(21)23/h3-11H,2,12-13H2,1H3. The number of carbonyl (C=O) groups excluding carboxylic acids is 1. The molecule has 1 aromatic heterocycles. The summed E-state index contributed by atoms with van der Waals surface area (Å²) >= 11 is 0. The van der Waals surface area contributed by atoms with Crippen LogP contribution in [0.25, 0.3) is 22.3 Å². The minimum Gasteiger partial charge on any atom is -0.464 e. The third-order valence-electron chi connectivity index (χ3n) is 3.65. The van der Waals surface area contributed by atoms with Crippen LogP contribution in [0, 0.1) is 0 Å². The Labute approximate surface area is 139 Å². The number of fused-ring (bicyclic) bond motifs is 1. The average molecular weight is 322 g/mol. The number of nitrogens with zero attached hydrogens (tertiary/aromatic N) is 2.